The van der Waals surface area contributed by atoms with Crippen molar-refractivity contribution in [1.82, 2.24) is 9.97 Å². The van der Waals surface area contributed by atoms with Gasteiger partial charge in [0.05, 0.1) is 0 Å². The normalized spacial score (nSPS) is 13.2. The topological polar surface area (TPSA) is 41.0 Å². The summed E-state index contributed by atoms with van der Waals surface area (Å²) in [5.41, 5.74) is -0.0467. The van der Waals surface area contributed by atoms with Gasteiger partial charge < -0.3 is 10.2 Å². The quantitative estimate of drug-likeness (QED) is 0.858. The first-order valence-electron chi connectivity index (χ1n) is 7.65. The van der Waals surface area contributed by atoms with E-state index in [1.807, 2.05) is 0 Å². The van der Waals surface area contributed by atoms with Crippen LogP contribution in [0.15, 0.2) is 6.07 Å². The van der Waals surface area contributed by atoms with Gasteiger partial charge >= 0.3 is 0 Å². The SMILES string of the molecule is CCCNc1cc(N(C)C(C)CC)nc(C(C)(C)C)n1. The highest BCUT2D eigenvalue weighted by Crippen LogP contribution is 2.24. The molecule has 0 aliphatic carbocycles. The van der Waals surface area contributed by atoms with Gasteiger partial charge in [-0.2, -0.15) is 0 Å². The van der Waals surface area contributed by atoms with E-state index < -0.39 is 0 Å². The summed E-state index contributed by atoms with van der Waals surface area (Å²) in [6.45, 7) is 14.0. The lowest BCUT2D eigenvalue weighted by Gasteiger charge is -2.27. The molecule has 0 spiro atoms. The molecule has 1 unspecified atom stereocenters. The number of hydrogen-bond acceptors (Lipinski definition) is 4. The van der Waals surface area contributed by atoms with E-state index in [1.54, 1.807) is 0 Å². The van der Waals surface area contributed by atoms with Gasteiger partial charge in [-0.15, -0.1) is 0 Å². The Labute approximate surface area is 124 Å². The van der Waals surface area contributed by atoms with Crippen LogP contribution in [0.3, 0.4) is 0 Å². The Morgan fingerprint density at radius 3 is 2.40 bits per heavy atom. The van der Waals surface area contributed by atoms with E-state index in [0.717, 1.165) is 36.8 Å². The lowest BCUT2D eigenvalue weighted by atomic mass is 9.95. The fourth-order valence-corrected chi connectivity index (χ4v) is 1.79. The Morgan fingerprint density at radius 2 is 1.90 bits per heavy atom. The number of aromatic nitrogens is 2. The molecule has 0 saturated heterocycles. The average Bonchev–Trinajstić information content (AvgIpc) is 2.42. The molecule has 1 heterocycles. The first kappa shape index (κ1) is 16.7. The molecule has 0 aliphatic rings. The number of nitrogens with zero attached hydrogens (tertiary/aromatic N) is 3. The second-order valence-electron chi connectivity index (χ2n) is 6.48. The molecule has 0 bridgehead atoms. The molecule has 0 saturated carbocycles. The van der Waals surface area contributed by atoms with Gasteiger partial charge in [0.1, 0.15) is 17.5 Å². The molecule has 0 aliphatic heterocycles. The predicted molar refractivity (Wildman–Crippen MR) is 87.7 cm³/mol. The van der Waals surface area contributed by atoms with Gasteiger partial charge in [0, 0.05) is 31.1 Å². The van der Waals surface area contributed by atoms with Crippen molar-refractivity contribution < 1.29 is 0 Å². The minimum atomic E-state index is -0.0467. The van der Waals surface area contributed by atoms with Crippen LogP contribution in [0.2, 0.25) is 0 Å². The Kier molecular flexibility index (Phi) is 5.78. The minimum absolute atomic E-state index is 0.0467. The van der Waals surface area contributed by atoms with E-state index >= 15 is 0 Å². The van der Waals surface area contributed by atoms with Crippen molar-refractivity contribution in [2.75, 3.05) is 23.8 Å². The summed E-state index contributed by atoms with van der Waals surface area (Å²) in [4.78, 5) is 11.6. The van der Waals surface area contributed by atoms with Crippen LogP contribution in [0, 0.1) is 0 Å². The third kappa shape index (κ3) is 4.36. The third-order valence-corrected chi connectivity index (χ3v) is 3.55. The van der Waals surface area contributed by atoms with Crippen molar-refractivity contribution >= 4 is 11.6 Å². The van der Waals surface area contributed by atoms with Gasteiger partial charge in [0.15, 0.2) is 0 Å². The molecule has 1 aromatic rings. The van der Waals surface area contributed by atoms with E-state index in [2.05, 4.69) is 69.9 Å². The van der Waals surface area contributed by atoms with E-state index in [1.165, 1.54) is 0 Å². The van der Waals surface area contributed by atoms with Crippen LogP contribution in [0.25, 0.3) is 0 Å². The Morgan fingerprint density at radius 1 is 1.25 bits per heavy atom. The number of nitrogens with one attached hydrogen (secondary N) is 1. The molecule has 0 aromatic carbocycles. The molecule has 114 valence electrons. The monoisotopic (exact) mass is 278 g/mol. The molecule has 1 atom stereocenters. The Bertz CT molecular complexity index is 423. The molecule has 4 heteroatoms. The fourth-order valence-electron chi connectivity index (χ4n) is 1.79. The van der Waals surface area contributed by atoms with Crippen molar-refractivity contribution in [3.05, 3.63) is 11.9 Å². The van der Waals surface area contributed by atoms with Gasteiger partial charge in [0.25, 0.3) is 0 Å². The van der Waals surface area contributed by atoms with Crippen molar-refractivity contribution in [3.8, 4) is 0 Å². The number of hydrogen-bond donors (Lipinski definition) is 1. The lowest BCUT2D eigenvalue weighted by Crippen LogP contribution is -2.30. The van der Waals surface area contributed by atoms with Crippen LogP contribution in [0.4, 0.5) is 11.6 Å². The third-order valence-electron chi connectivity index (χ3n) is 3.55. The molecule has 0 radical (unpaired) electrons. The molecule has 0 amide bonds. The van der Waals surface area contributed by atoms with Gasteiger partial charge in [-0.3, -0.25) is 0 Å². The van der Waals surface area contributed by atoms with Crippen molar-refractivity contribution in [2.24, 2.45) is 0 Å². The smallest absolute Gasteiger partial charge is 0.138 e. The number of rotatable bonds is 6. The van der Waals surface area contributed by atoms with Gasteiger partial charge in [-0.25, -0.2) is 9.97 Å². The summed E-state index contributed by atoms with van der Waals surface area (Å²) in [5.74, 6) is 2.82. The molecule has 4 nitrogen and oxygen atoms in total. The molecular weight excluding hydrogens is 248 g/mol. The summed E-state index contributed by atoms with van der Waals surface area (Å²) >= 11 is 0. The van der Waals surface area contributed by atoms with Gasteiger partial charge in [-0.1, -0.05) is 34.6 Å². The van der Waals surface area contributed by atoms with Crippen LogP contribution in [-0.2, 0) is 5.41 Å². The minimum Gasteiger partial charge on any atom is -0.370 e. The first-order chi connectivity index (χ1) is 9.29. The summed E-state index contributed by atoms with van der Waals surface area (Å²) in [6, 6.07) is 2.52. The van der Waals surface area contributed by atoms with Crippen LogP contribution in [-0.4, -0.2) is 29.6 Å². The largest absolute Gasteiger partial charge is 0.370 e. The predicted octanol–water partition coefficient (Wildman–Crippen LogP) is 3.83. The zero-order valence-electron chi connectivity index (χ0n) is 14.1. The van der Waals surface area contributed by atoms with Gasteiger partial charge in [-0.05, 0) is 19.8 Å². The van der Waals surface area contributed by atoms with E-state index in [0.29, 0.717) is 6.04 Å². The zero-order chi connectivity index (χ0) is 15.3. The number of anilines is 2. The summed E-state index contributed by atoms with van der Waals surface area (Å²) in [7, 11) is 2.10. The maximum absolute atomic E-state index is 4.76. The average molecular weight is 278 g/mol. The summed E-state index contributed by atoms with van der Waals surface area (Å²) < 4.78 is 0. The zero-order valence-corrected chi connectivity index (χ0v) is 14.1. The molecule has 20 heavy (non-hydrogen) atoms. The highest BCUT2D eigenvalue weighted by molar-refractivity contribution is 5.50. The lowest BCUT2D eigenvalue weighted by molar-refractivity contribution is 0.542. The first-order valence-corrected chi connectivity index (χ1v) is 7.65. The molecule has 1 aromatic heterocycles. The van der Waals surface area contributed by atoms with Crippen LogP contribution in [0.1, 0.15) is 60.2 Å². The van der Waals surface area contributed by atoms with Crippen LogP contribution in [0.5, 0.6) is 0 Å². The Hall–Kier alpha value is -1.32. The second kappa shape index (κ2) is 6.91. The maximum Gasteiger partial charge on any atom is 0.138 e. The maximum atomic E-state index is 4.76. The molecule has 1 rings (SSSR count). The molecular formula is C16H30N4. The molecule has 0 fully saturated rings. The standard InChI is InChI=1S/C16H30N4/c1-8-10-17-13-11-14(20(7)12(3)9-2)19-15(18-13)16(4,5)6/h11-12H,8-10H2,1-7H3,(H,17,18,19). The van der Waals surface area contributed by atoms with Crippen LogP contribution >= 0.6 is 0 Å². The van der Waals surface area contributed by atoms with E-state index in [-0.39, 0.29) is 5.41 Å². The van der Waals surface area contributed by atoms with Crippen molar-refractivity contribution in [1.29, 1.82) is 0 Å². The molecule has 1 N–H and O–H groups in total. The van der Waals surface area contributed by atoms with Crippen molar-refractivity contribution in [2.45, 2.75) is 65.8 Å². The Balaban J connectivity index is 3.15. The van der Waals surface area contributed by atoms with Gasteiger partial charge in [0.2, 0.25) is 0 Å². The highest BCUT2D eigenvalue weighted by atomic mass is 15.2. The summed E-state index contributed by atoms with van der Waals surface area (Å²) in [6.07, 6.45) is 2.19. The van der Waals surface area contributed by atoms with E-state index in [4.69, 9.17) is 4.98 Å². The highest BCUT2D eigenvalue weighted by Gasteiger charge is 2.21. The fraction of sp³-hybridized carbons (Fsp3) is 0.750. The summed E-state index contributed by atoms with van der Waals surface area (Å²) in [5, 5.41) is 3.38. The second-order valence-corrected chi connectivity index (χ2v) is 6.48. The van der Waals surface area contributed by atoms with E-state index in [9.17, 15) is 0 Å². The van der Waals surface area contributed by atoms with Crippen LogP contribution < -0.4 is 10.2 Å². The van der Waals surface area contributed by atoms with Crippen molar-refractivity contribution in [3.63, 3.8) is 0 Å².